The second-order valence-electron chi connectivity index (χ2n) is 8.86. The zero-order valence-electron chi connectivity index (χ0n) is 18.3. The van der Waals surface area contributed by atoms with Gasteiger partial charge in [-0.1, -0.05) is 0 Å². The largest absolute Gasteiger partial charge is 0.481 e. The monoisotopic (exact) mass is 470 g/mol. The summed E-state index contributed by atoms with van der Waals surface area (Å²) >= 11 is 1.49. The van der Waals surface area contributed by atoms with Gasteiger partial charge in [-0.25, -0.2) is 9.97 Å². The highest BCUT2D eigenvalue weighted by molar-refractivity contribution is 7.21. The minimum atomic E-state index is -1.35. The number of aryl methyl sites for hydroxylation is 2. The molecule has 0 amide bonds. The van der Waals surface area contributed by atoms with Gasteiger partial charge in [0.15, 0.2) is 0 Å². The lowest BCUT2D eigenvalue weighted by Crippen LogP contribution is -2.36. The first kappa shape index (κ1) is 21.9. The van der Waals surface area contributed by atoms with Crippen molar-refractivity contribution in [3.8, 4) is 10.6 Å². The van der Waals surface area contributed by atoms with Crippen molar-refractivity contribution in [2.75, 3.05) is 17.2 Å². The molecule has 5 rings (SSSR count). The summed E-state index contributed by atoms with van der Waals surface area (Å²) in [5, 5.41) is 37.3. The fourth-order valence-electron chi connectivity index (χ4n) is 4.25. The SMILES string of the molecule is Cc1nc(NCC2CC2)nc(N[C@@H]2C[C@H](C(=O)O)[C@@H](O)[C@H]2O)c1-c1nc2c(C)nccc2s1. The van der Waals surface area contributed by atoms with Gasteiger partial charge in [-0.15, -0.1) is 11.3 Å². The average Bonchev–Trinajstić information content (AvgIpc) is 3.43. The first-order valence-corrected chi connectivity index (χ1v) is 11.8. The molecule has 3 heterocycles. The highest BCUT2D eigenvalue weighted by Gasteiger charge is 2.45. The van der Waals surface area contributed by atoms with Crippen molar-refractivity contribution in [3.63, 3.8) is 0 Å². The van der Waals surface area contributed by atoms with Gasteiger partial charge in [-0.05, 0) is 45.1 Å². The molecule has 2 aliphatic carbocycles. The Bertz CT molecular complexity index is 1210. The summed E-state index contributed by atoms with van der Waals surface area (Å²) in [5.74, 6) is -0.633. The number of nitrogens with one attached hydrogen (secondary N) is 2. The maximum Gasteiger partial charge on any atom is 0.309 e. The average molecular weight is 471 g/mol. The summed E-state index contributed by atoms with van der Waals surface area (Å²) < 4.78 is 0.987. The number of pyridine rings is 1. The minimum Gasteiger partial charge on any atom is -0.481 e. The topological polar surface area (TPSA) is 153 Å². The third-order valence-electron chi connectivity index (χ3n) is 6.36. The number of anilines is 2. The second-order valence-corrected chi connectivity index (χ2v) is 9.89. The number of aliphatic hydroxyl groups excluding tert-OH is 2. The van der Waals surface area contributed by atoms with Gasteiger partial charge in [0.25, 0.3) is 0 Å². The molecule has 0 aliphatic heterocycles. The molecular weight excluding hydrogens is 444 g/mol. The zero-order chi connectivity index (χ0) is 23.3. The van der Waals surface area contributed by atoms with E-state index in [0.29, 0.717) is 33.9 Å². The molecule has 5 N–H and O–H groups in total. The lowest BCUT2D eigenvalue weighted by molar-refractivity contribution is -0.145. The maximum absolute atomic E-state index is 11.5. The van der Waals surface area contributed by atoms with Gasteiger partial charge < -0.3 is 26.0 Å². The molecule has 0 aromatic carbocycles. The van der Waals surface area contributed by atoms with Crippen LogP contribution in [-0.2, 0) is 4.79 Å². The van der Waals surface area contributed by atoms with Crippen LogP contribution >= 0.6 is 11.3 Å². The quantitative estimate of drug-likeness (QED) is 0.347. The Labute approximate surface area is 194 Å². The van der Waals surface area contributed by atoms with Gasteiger partial charge in [0.2, 0.25) is 5.95 Å². The Kier molecular flexibility index (Phi) is 5.63. The number of fused-ring (bicyclic) bond motifs is 1. The molecule has 0 unspecified atom stereocenters. The maximum atomic E-state index is 11.5. The molecule has 10 nitrogen and oxygen atoms in total. The third kappa shape index (κ3) is 4.23. The van der Waals surface area contributed by atoms with Crippen LogP contribution in [0.3, 0.4) is 0 Å². The summed E-state index contributed by atoms with van der Waals surface area (Å²) in [6.45, 7) is 4.57. The van der Waals surface area contributed by atoms with Crippen LogP contribution in [0.15, 0.2) is 12.3 Å². The predicted molar refractivity (Wildman–Crippen MR) is 124 cm³/mol. The molecule has 4 atom stereocenters. The molecule has 11 heteroatoms. The number of rotatable bonds is 7. The molecule has 0 bridgehead atoms. The van der Waals surface area contributed by atoms with Crippen LogP contribution in [0.25, 0.3) is 20.8 Å². The Hall–Kier alpha value is -2.89. The van der Waals surface area contributed by atoms with Crippen molar-refractivity contribution >= 4 is 39.3 Å². The van der Waals surface area contributed by atoms with Crippen molar-refractivity contribution in [3.05, 3.63) is 23.7 Å². The number of aliphatic carboxylic acids is 1. The van der Waals surface area contributed by atoms with E-state index in [4.69, 9.17) is 4.98 Å². The Morgan fingerprint density at radius 1 is 1.15 bits per heavy atom. The molecule has 0 radical (unpaired) electrons. The number of carboxylic acids is 1. The highest BCUT2D eigenvalue weighted by atomic mass is 32.1. The predicted octanol–water partition coefficient (Wildman–Crippen LogP) is 2.19. The number of thiazole rings is 1. The van der Waals surface area contributed by atoms with Crippen LogP contribution in [0, 0.1) is 25.7 Å². The fourth-order valence-corrected chi connectivity index (χ4v) is 5.36. The Morgan fingerprint density at radius 2 is 1.94 bits per heavy atom. The van der Waals surface area contributed by atoms with E-state index in [1.54, 1.807) is 6.20 Å². The molecular formula is C22H26N6O4S. The van der Waals surface area contributed by atoms with Gasteiger partial charge in [0, 0.05) is 12.7 Å². The fraction of sp³-hybridized carbons (Fsp3) is 0.500. The number of hydrogen-bond donors (Lipinski definition) is 5. The Balaban J connectivity index is 1.54. The molecule has 2 aliphatic rings. The normalized spacial score (nSPS) is 24.8. The number of aromatic nitrogens is 4. The van der Waals surface area contributed by atoms with Crippen molar-refractivity contribution in [1.29, 1.82) is 0 Å². The number of aliphatic hydroxyl groups is 2. The molecule has 3 aromatic rings. The lowest BCUT2D eigenvalue weighted by atomic mass is 10.1. The van der Waals surface area contributed by atoms with Crippen LogP contribution in [0.5, 0.6) is 0 Å². The zero-order valence-corrected chi connectivity index (χ0v) is 19.1. The minimum absolute atomic E-state index is 0.0772. The summed E-state index contributed by atoms with van der Waals surface area (Å²) in [6, 6.07) is 1.23. The van der Waals surface area contributed by atoms with E-state index >= 15 is 0 Å². The summed E-state index contributed by atoms with van der Waals surface area (Å²) in [5.41, 5.74) is 3.02. The first-order chi connectivity index (χ1) is 15.8. The van der Waals surface area contributed by atoms with Crippen molar-refractivity contribution in [1.82, 2.24) is 19.9 Å². The van der Waals surface area contributed by atoms with Gasteiger partial charge in [0.1, 0.15) is 22.4 Å². The van der Waals surface area contributed by atoms with Gasteiger partial charge in [-0.3, -0.25) is 9.78 Å². The lowest BCUT2D eigenvalue weighted by Gasteiger charge is -2.21. The molecule has 33 heavy (non-hydrogen) atoms. The smallest absolute Gasteiger partial charge is 0.309 e. The van der Waals surface area contributed by atoms with Crippen LogP contribution in [0.1, 0.15) is 30.7 Å². The van der Waals surface area contributed by atoms with Crippen LogP contribution in [0.2, 0.25) is 0 Å². The highest BCUT2D eigenvalue weighted by Crippen LogP contribution is 2.38. The first-order valence-electron chi connectivity index (χ1n) is 11.0. The molecule has 0 spiro atoms. The van der Waals surface area contributed by atoms with E-state index in [1.807, 2.05) is 19.9 Å². The van der Waals surface area contributed by atoms with Crippen LogP contribution in [-0.4, -0.2) is 66.0 Å². The van der Waals surface area contributed by atoms with Crippen molar-refractivity contribution in [2.24, 2.45) is 11.8 Å². The van der Waals surface area contributed by atoms with E-state index < -0.39 is 30.1 Å². The van der Waals surface area contributed by atoms with E-state index in [-0.39, 0.29) is 6.42 Å². The third-order valence-corrected chi connectivity index (χ3v) is 7.40. The van der Waals surface area contributed by atoms with E-state index in [1.165, 1.54) is 24.2 Å². The van der Waals surface area contributed by atoms with Gasteiger partial charge in [0.05, 0.1) is 39.7 Å². The van der Waals surface area contributed by atoms with E-state index in [0.717, 1.165) is 22.5 Å². The standard InChI is InChI=1S/C22H26N6O4S/c1-9-15(20-27-16-10(2)23-6-5-14(16)33-20)19(28-22(25-9)24-8-11-3-4-11)26-13-7-12(21(31)32)17(29)18(13)30/h5-6,11-13,17-18,29-30H,3-4,7-8H2,1-2H3,(H,31,32)(H2,24,25,26,28)/t12-,13+,17+,18-/m0/s1. The van der Waals surface area contributed by atoms with E-state index in [9.17, 15) is 20.1 Å². The van der Waals surface area contributed by atoms with Crippen LogP contribution in [0.4, 0.5) is 11.8 Å². The molecule has 0 saturated heterocycles. The molecule has 2 fully saturated rings. The van der Waals surface area contributed by atoms with E-state index in [2.05, 4.69) is 25.6 Å². The number of carboxylic acid groups (broad SMARTS) is 1. The molecule has 3 aromatic heterocycles. The van der Waals surface area contributed by atoms with Gasteiger partial charge >= 0.3 is 5.97 Å². The second kappa shape index (κ2) is 8.47. The van der Waals surface area contributed by atoms with Gasteiger partial charge in [-0.2, -0.15) is 4.98 Å². The Morgan fingerprint density at radius 3 is 2.61 bits per heavy atom. The van der Waals surface area contributed by atoms with Crippen molar-refractivity contribution < 1.29 is 20.1 Å². The summed E-state index contributed by atoms with van der Waals surface area (Å²) in [6.07, 6.45) is 1.62. The number of carbonyl (C=O) groups is 1. The van der Waals surface area contributed by atoms with Crippen molar-refractivity contribution in [2.45, 2.75) is 51.4 Å². The number of hydrogen-bond acceptors (Lipinski definition) is 10. The summed E-state index contributed by atoms with van der Waals surface area (Å²) in [7, 11) is 0. The summed E-state index contributed by atoms with van der Waals surface area (Å²) in [4.78, 5) is 29.9. The molecule has 174 valence electrons. The number of nitrogens with zero attached hydrogens (tertiary/aromatic N) is 4. The molecule has 2 saturated carbocycles. The van der Waals surface area contributed by atoms with Crippen LogP contribution < -0.4 is 10.6 Å².